The number of morpholine rings is 1. The van der Waals surface area contributed by atoms with Crippen LogP contribution in [0.3, 0.4) is 0 Å². The molecule has 4 rings (SSSR count). The molecule has 162 valence electrons. The summed E-state index contributed by atoms with van der Waals surface area (Å²) in [6.45, 7) is 10.6. The normalized spacial score (nSPS) is 14.0. The molecule has 0 saturated carbocycles. The van der Waals surface area contributed by atoms with Crippen molar-refractivity contribution >= 4 is 11.6 Å². The van der Waals surface area contributed by atoms with Crippen molar-refractivity contribution in [3.63, 3.8) is 0 Å². The Kier molecular flexibility index (Phi) is 6.37. The average molecular weight is 419 g/mol. The number of ether oxygens (including phenoxy) is 1. The topological polar surface area (TPSA) is 59.4 Å². The van der Waals surface area contributed by atoms with Crippen molar-refractivity contribution < 1.29 is 9.53 Å². The minimum Gasteiger partial charge on any atom is -0.378 e. The van der Waals surface area contributed by atoms with E-state index in [4.69, 9.17) is 4.74 Å². The molecule has 0 spiro atoms. The molecule has 2 aromatic heterocycles. The Morgan fingerprint density at radius 1 is 1.06 bits per heavy atom. The van der Waals surface area contributed by atoms with Gasteiger partial charge in [0.15, 0.2) is 0 Å². The Morgan fingerprint density at radius 3 is 2.48 bits per heavy atom. The van der Waals surface area contributed by atoms with Crippen LogP contribution < -0.4 is 10.2 Å². The number of nitrogens with one attached hydrogen (secondary N) is 1. The van der Waals surface area contributed by atoms with E-state index in [9.17, 15) is 4.79 Å². The molecule has 1 fully saturated rings. The third-order valence-electron chi connectivity index (χ3n) is 6.06. The fourth-order valence-electron chi connectivity index (χ4n) is 4.35. The van der Waals surface area contributed by atoms with Gasteiger partial charge >= 0.3 is 0 Å². The van der Waals surface area contributed by atoms with Gasteiger partial charge in [-0.15, -0.1) is 0 Å². The van der Waals surface area contributed by atoms with Gasteiger partial charge in [0.1, 0.15) is 5.69 Å². The number of carbonyl (C=O) groups excluding carboxylic acids is 1. The van der Waals surface area contributed by atoms with Gasteiger partial charge in [0.25, 0.3) is 5.91 Å². The van der Waals surface area contributed by atoms with Crippen molar-refractivity contribution in [2.45, 2.75) is 33.9 Å². The first-order valence-corrected chi connectivity index (χ1v) is 10.8. The Labute approximate surface area is 183 Å². The summed E-state index contributed by atoms with van der Waals surface area (Å²) in [7, 11) is 0. The highest BCUT2D eigenvalue weighted by Crippen LogP contribution is 2.32. The molecule has 31 heavy (non-hydrogen) atoms. The van der Waals surface area contributed by atoms with Crippen LogP contribution in [0.1, 0.15) is 38.4 Å². The molecule has 0 bridgehead atoms. The summed E-state index contributed by atoms with van der Waals surface area (Å²) in [5.41, 5.74) is 7.52. The largest absolute Gasteiger partial charge is 0.378 e. The first-order valence-electron chi connectivity index (χ1n) is 10.8. The fourth-order valence-corrected chi connectivity index (χ4v) is 4.35. The lowest BCUT2D eigenvalue weighted by Crippen LogP contribution is -2.36. The number of hydrogen-bond acceptors (Lipinski definition) is 4. The third-order valence-corrected chi connectivity index (χ3v) is 6.06. The maximum absolute atomic E-state index is 13.4. The first kappa shape index (κ1) is 21.1. The van der Waals surface area contributed by atoms with E-state index in [0.29, 0.717) is 26.3 Å². The second kappa shape index (κ2) is 9.35. The van der Waals surface area contributed by atoms with E-state index in [0.717, 1.165) is 41.3 Å². The molecule has 6 heteroatoms. The van der Waals surface area contributed by atoms with Crippen molar-refractivity contribution in [1.29, 1.82) is 0 Å². The van der Waals surface area contributed by atoms with Gasteiger partial charge in [0.2, 0.25) is 0 Å². The van der Waals surface area contributed by atoms with E-state index in [1.807, 2.05) is 18.2 Å². The molecule has 6 nitrogen and oxygen atoms in total. The number of aromatic nitrogens is 2. The lowest BCUT2D eigenvalue weighted by Gasteiger charge is -2.29. The van der Waals surface area contributed by atoms with E-state index < -0.39 is 0 Å². The Hall–Kier alpha value is -3.12. The van der Waals surface area contributed by atoms with E-state index in [2.05, 4.69) is 58.7 Å². The highest BCUT2D eigenvalue weighted by atomic mass is 16.5. The van der Waals surface area contributed by atoms with Gasteiger partial charge in [0.05, 0.1) is 18.9 Å². The van der Waals surface area contributed by atoms with Crippen LogP contribution in [0.5, 0.6) is 0 Å². The molecule has 0 radical (unpaired) electrons. The zero-order chi connectivity index (χ0) is 21.8. The van der Waals surface area contributed by atoms with Gasteiger partial charge in [-0.25, -0.2) is 0 Å². The predicted molar refractivity (Wildman–Crippen MR) is 123 cm³/mol. The van der Waals surface area contributed by atoms with Gasteiger partial charge in [-0.05, 0) is 49.6 Å². The number of pyridine rings is 1. The van der Waals surface area contributed by atoms with Crippen LogP contribution in [0.4, 0.5) is 5.69 Å². The Balaban J connectivity index is 1.70. The molecule has 3 aromatic rings. The second-order valence-electron chi connectivity index (χ2n) is 8.06. The minimum absolute atomic E-state index is 0.0505. The molecule has 1 saturated heterocycles. The van der Waals surface area contributed by atoms with Crippen molar-refractivity contribution in [2.75, 3.05) is 31.2 Å². The van der Waals surface area contributed by atoms with E-state index in [-0.39, 0.29) is 5.91 Å². The number of aryl methyl sites for hydroxylation is 1. The molecular weight excluding hydrogens is 388 g/mol. The highest BCUT2D eigenvalue weighted by Gasteiger charge is 2.27. The van der Waals surface area contributed by atoms with Crippen LogP contribution in [-0.2, 0) is 17.8 Å². The molecule has 1 N–H and O–H groups in total. The Bertz CT molecular complexity index is 1050. The number of hydrogen-bond donors (Lipinski definition) is 1. The Morgan fingerprint density at radius 2 is 1.77 bits per heavy atom. The van der Waals surface area contributed by atoms with Crippen molar-refractivity contribution in [2.24, 2.45) is 0 Å². The molecule has 0 unspecified atom stereocenters. The number of nitrogens with zero attached hydrogens (tertiary/aromatic N) is 3. The van der Waals surface area contributed by atoms with Crippen LogP contribution in [-0.4, -0.2) is 41.8 Å². The van der Waals surface area contributed by atoms with Crippen LogP contribution in [0.25, 0.3) is 0 Å². The van der Waals surface area contributed by atoms with Gasteiger partial charge < -0.3 is 19.5 Å². The van der Waals surface area contributed by atoms with Gasteiger partial charge in [-0.1, -0.05) is 24.3 Å². The van der Waals surface area contributed by atoms with Gasteiger partial charge in [-0.3, -0.25) is 9.78 Å². The van der Waals surface area contributed by atoms with E-state index in [1.165, 1.54) is 11.1 Å². The maximum atomic E-state index is 13.4. The van der Waals surface area contributed by atoms with E-state index in [1.54, 1.807) is 12.4 Å². The third kappa shape index (κ3) is 4.49. The summed E-state index contributed by atoms with van der Waals surface area (Å²) in [4.78, 5) is 19.8. The summed E-state index contributed by atoms with van der Waals surface area (Å²) in [6, 6.07) is 12.2. The first-order chi connectivity index (χ1) is 15.1. The van der Waals surface area contributed by atoms with E-state index >= 15 is 0 Å². The molecule has 0 atom stereocenters. The summed E-state index contributed by atoms with van der Waals surface area (Å²) < 4.78 is 7.72. The molecular formula is C25H30N4O2. The van der Waals surface area contributed by atoms with Crippen molar-refractivity contribution in [3.05, 3.63) is 82.4 Å². The zero-order valence-corrected chi connectivity index (χ0v) is 18.5. The molecule has 1 aromatic carbocycles. The lowest BCUT2D eigenvalue weighted by atomic mass is 10.1. The van der Waals surface area contributed by atoms with Crippen molar-refractivity contribution in [1.82, 2.24) is 14.9 Å². The summed E-state index contributed by atoms with van der Waals surface area (Å²) >= 11 is 0. The average Bonchev–Trinajstić information content (AvgIpc) is 3.04. The molecule has 1 amide bonds. The lowest BCUT2D eigenvalue weighted by molar-refractivity contribution is 0.0941. The maximum Gasteiger partial charge on any atom is 0.268 e. The summed E-state index contributed by atoms with van der Waals surface area (Å²) in [6.07, 6.45) is 3.49. The molecule has 3 heterocycles. The predicted octanol–water partition coefficient (Wildman–Crippen LogP) is 3.62. The summed E-state index contributed by atoms with van der Waals surface area (Å²) in [5.74, 6) is -0.0505. The number of anilines is 1. The minimum atomic E-state index is -0.0505. The number of amides is 1. The van der Waals surface area contributed by atoms with Gasteiger partial charge in [-0.2, -0.15) is 0 Å². The quantitative estimate of drug-likeness (QED) is 0.664. The number of carbonyl (C=O) groups is 1. The van der Waals surface area contributed by atoms with Crippen molar-refractivity contribution in [3.8, 4) is 0 Å². The van der Waals surface area contributed by atoms with Crippen LogP contribution in [0, 0.1) is 20.8 Å². The number of rotatable bonds is 6. The fraction of sp³-hybridized carbons (Fsp3) is 0.360. The SMILES string of the molecule is Cc1ccccc1Cn1c(C)c(N2CCOCC2)c(C)c1C(=O)NCc1ccncc1. The van der Waals surface area contributed by atoms with Crippen LogP contribution in [0.2, 0.25) is 0 Å². The zero-order valence-electron chi connectivity index (χ0n) is 18.5. The molecule has 1 aliphatic heterocycles. The summed E-state index contributed by atoms with van der Waals surface area (Å²) in [5, 5.41) is 3.11. The standard InChI is InChI=1S/C25H30N4O2/c1-18-6-4-5-7-22(18)17-29-20(3)23(28-12-14-31-15-13-28)19(2)24(29)25(30)27-16-21-8-10-26-11-9-21/h4-11H,12-17H2,1-3H3,(H,27,30). The van der Waals surface area contributed by atoms with Gasteiger partial charge in [0, 0.05) is 49.8 Å². The van der Waals surface area contributed by atoms with Crippen LogP contribution >= 0.6 is 0 Å². The monoisotopic (exact) mass is 418 g/mol. The smallest absolute Gasteiger partial charge is 0.268 e. The van der Waals surface area contributed by atoms with Crippen LogP contribution in [0.15, 0.2) is 48.8 Å². The molecule has 1 aliphatic rings. The highest BCUT2D eigenvalue weighted by molar-refractivity contribution is 5.96. The second-order valence-corrected chi connectivity index (χ2v) is 8.06. The number of benzene rings is 1. The molecule has 0 aliphatic carbocycles.